The first-order valence-electron chi connectivity index (χ1n) is 7.64. The molecule has 3 nitrogen and oxygen atoms in total. The summed E-state index contributed by atoms with van der Waals surface area (Å²) < 4.78 is 0. The van der Waals surface area contributed by atoms with Crippen LogP contribution < -0.4 is 5.32 Å². The number of aliphatic hydroxyl groups is 1. The summed E-state index contributed by atoms with van der Waals surface area (Å²) >= 11 is 0. The van der Waals surface area contributed by atoms with Gasteiger partial charge in [-0.1, -0.05) is 13.3 Å². The van der Waals surface area contributed by atoms with Gasteiger partial charge in [-0.3, -0.25) is 4.90 Å². The summed E-state index contributed by atoms with van der Waals surface area (Å²) in [5.74, 6) is 0. The molecule has 0 saturated carbocycles. The average Bonchev–Trinajstić information content (AvgIpc) is 2.36. The van der Waals surface area contributed by atoms with Gasteiger partial charge in [0.2, 0.25) is 0 Å². The Bertz CT molecular complexity index is 225. The number of nitrogens with zero attached hydrogens (tertiary/aromatic N) is 1. The molecule has 0 aliphatic carbocycles. The molecule has 2 N–H and O–H groups in total. The summed E-state index contributed by atoms with van der Waals surface area (Å²) in [6.45, 7) is 11.3. The van der Waals surface area contributed by atoms with Crippen LogP contribution in [-0.2, 0) is 0 Å². The van der Waals surface area contributed by atoms with Crippen molar-refractivity contribution in [2.24, 2.45) is 0 Å². The van der Waals surface area contributed by atoms with E-state index >= 15 is 0 Å². The highest BCUT2D eigenvalue weighted by molar-refractivity contribution is 4.86. The third-order valence-electron chi connectivity index (χ3n) is 4.45. The molecule has 0 aromatic carbocycles. The number of hydrogen-bond acceptors (Lipinski definition) is 3. The Morgan fingerprint density at radius 2 is 1.89 bits per heavy atom. The molecule has 1 aliphatic rings. The third kappa shape index (κ3) is 4.52. The quantitative estimate of drug-likeness (QED) is 0.734. The molecule has 1 heterocycles. The van der Waals surface area contributed by atoms with Crippen LogP contribution in [0.2, 0.25) is 0 Å². The van der Waals surface area contributed by atoms with Crippen molar-refractivity contribution in [2.45, 2.75) is 77.4 Å². The molecule has 0 radical (unpaired) electrons. The summed E-state index contributed by atoms with van der Waals surface area (Å²) in [4.78, 5) is 2.62. The summed E-state index contributed by atoms with van der Waals surface area (Å²) in [5.41, 5.74) is -0.118. The Hall–Kier alpha value is -0.120. The third-order valence-corrected chi connectivity index (χ3v) is 4.45. The summed E-state index contributed by atoms with van der Waals surface area (Å²) in [5, 5.41) is 13.1. The van der Waals surface area contributed by atoms with Crippen LogP contribution in [0.3, 0.4) is 0 Å². The van der Waals surface area contributed by atoms with Crippen LogP contribution >= 0.6 is 0 Å². The number of likely N-dealkylation sites (tertiary alicyclic amines) is 1. The van der Waals surface area contributed by atoms with Gasteiger partial charge in [-0.2, -0.15) is 0 Å². The zero-order valence-corrected chi connectivity index (χ0v) is 12.7. The Morgan fingerprint density at radius 1 is 1.28 bits per heavy atom. The normalized spacial score (nSPS) is 29.2. The van der Waals surface area contributed by atoms with Gasteiger partial charge in [0.15, 0.2) is 0 Å². The molecular weight excluding hydrogens is 224 g/mol. The van der Waals surface area contributed by atoms with E-state index in [0.717, 1.165) is 25.9 Å². The molecule has 0 amide bonds. The van der Waals surface area contributed by atoms with Crippen LogP contribution in [0.25, 0.3) is 0 Å². The molecule has 1 rings (SSSR count). The van der Waals surface area contributed by atoms with E-state index in [-0.39, 0.29) is 12.1 Å². The highest BCUT2D eigenvalue weighted by Crippen LogP contribution is 2.24. The van der Waals surface area contributed by atoms with Crippen LogP contribution in [0.4, 0.5) is 0 Å². The number of aliphatic hydroxyl groups excluding tert-OH is 1. The molecule has 3 atom stereocenters. The van der Waals surface area contributed by atoms with Crippen LogP contribution in [0.15, 0.2) is 0 Å². The number of nitrogens with one attached hydrogen (secondary N) is 1. The minimum atomic E-state index is -0.118. The number of piperidine rings is 1. The van der Waals surface area contributed by atoms with Crippen molar-refractivity contribution in [3.63, 3.8) is 0 Å². The van der Waals surface area contributed by atoms with Crippen molar-refractivity contribution in [1.29, 1.82) is 0 Å². The lowest BCUT2D eigenvalue weighted by Crippen LogP contribution is -2.51. The topological polar surface area (TPSA) is 35.5 Å². The van der Waals surface area contributed by atoms with Crippen molar-refractivity contribution < 1.29 is 5.11 Å². The largest absolute Gasteiger partial charge is 0.394 e. The van der Waals surface area contributed by atoms with Crippen LogP contribution in [0.5, 0.6) is 0 Å². The first kappa shape index (κ1) is 15.9. The van der Waals surface area contributed by atoms with Gasteiger partial charge in [-0.25, -0.2) is 0 Å². The second kappa shape index (κ2) is 7.46. The van der Waals surface area contributed by atoms with Crippen molar-refractivity contribution in [3.8, 4) is 0 Å². The van der Waals surface area contributed by atoms with Crippen LogP contribution in [-0.4, -0.2) is 47.3 Å². The van der Waals surface area contributed by atoms with Gasteiger partial charge in [0.1, 0.15) is 0 Å². The van der Waals surface area contributed by atoms with E-state index < -0.39 is 0 Å². The lowest BCUT2D eigenvalue weighted by Gasteiger charge is -2.41. The molecule has 0 aromatic heterocycles. The molecule has 0 spiro atoms. The Balaban J connectivity index is 2.45. The average molecular weight is 256 g/mol. The minimum absolute atomic E-state index is 0.118. The molecular formula is C15H32N2O. The minimum Gasteiger partial charge on any atom is -0.394 e. The number of hydrogen-bond donors (Lipinski definition) is 2. The van der Waals surface area contributed by atoms with Gasteiger partial charge in [0.05, 0.1) is 6.61 Å². The van der Waals surface area contributed by atoms with Gasteiger partial charge in [0.25, 0.3) is 0 Å². The maximum atomic E-state index is 9.59. The van der Waals surface area contributed by atoms with Crippen molar-refractivity contribution in [2.75, 3.05) is 19.7 Å². The predicted molar refractivity (Wildman–Crippen MR) is 77.9 cm³/mol. The van der Waals surface area contributed by atoms with E-state index in [1.54, 1.807) is 0 Å². The summed E-state index contributed by atoms with van der Waals surface area (Å²) in [7, 11) is 0. The van der Waals surface area contributed by atoms with Crippen molar-refractivity contribution in [3.05, 3.63) is 0 Å². The fraction of sp³-hybridized carbons (Fsp3) is 1.00. The molecule has 18 heavy (non-hydrogen) atoms. The predicted octanol–water partition coefficient (Wildman–Crippen LogP) is 2.39. The zero-order valence-electron chi connectivity index (χ0n) is 12.7. The second-order valence-corrected chi connectivity index (χ2v) is 6.26. The van der Waals surface area contributed by atoms with Crippen molar-refractivity contribution in [1.82, 2.24) is 10.2 Å². The first-order valence-corrected chi connectivity index (χ1v) is 7.64. The molecule has 3 heteroatoms. The molecule has 1 saturated heterocycles. The van der Waals surface area contributed by atoms with Gasteiger partial charge in [0, 0.05) is 24.2 Å². The van der Waals surface area contributed by atoms with Gasteiger partial charge >= 0.3 is 0 Å². The lowest BCUT2D eigenvalue weighted by atomic mass is 9.93. The summed E-state index contributed by atoms with van der Waals surface area (Å²) in [6, 6.07) is 1.39. The molecule has 0 aromatic rings. The molecule has 3 unspecified atom stereocenters. The zero-order chi connectivity index (χ0) is 13.6. The van der Waals surface area contributed by atoms with Gasteiger partial charge in [-0.05, 0) is 53.0 Å². The monoisotopic (exact) mass is 256 g/mol. The molecule has 1 fully saturated rings. The Labute approximate surface area is 113 Å². The SMILES string of the molecule is CCCNC(C)(CO)CCN1C(C)CCCC1C. The molecule has 108 valence electrons. The smallest absolute Gasteiger partial charge is 0.0611 e. The lowest BCUT2D eigenvalue weighted by molar-refractivity contribution is 0.0782. The fourth-order valence-corrected chi connectivity index (χ4v) is 2.94. The fourth-order valence-electron chi connectivity index (χ4n) is 2.94. The van der Waals surface area contributed by atoms with E-state index in [1.165, 1.54) is 19.3 Å². The Morgan fingerprint density at radius 3 is 2.39 bits per heavy atom. The standard InChI is InChI=1S/C15H32N2O/c1-5-10-16-15(4,12-18)9-11-17-13(2)7-6-8-14(17)3/h13-14,16,18H,5-12H2,1-4H3. The highest BCUT2D eigenvalue weighted by Gasteiger charge is 2.28. The van der Waals surface area contributed by atoms with Crippen LogP contribution in [0.1, 0.15) is 59.8 Å². The molecule has 0 bridgehead atoms. The van der Waals surface area contributed by atoms with E-state index in [2.05, 4.69) is 37.9 Å². The van der Waals surface area contributed by atoms with E-state index in [1.807, 2.05) is 0 Å². The van der Waals surface area contributed by atoms with E-state index in [0.29, 0.717) is 12.1 Å². The second-order valence-electron chi connectivity index (χ2n) is 6.26. The van der Waals surface area contributed by atoms with Crippen molar-refractivity contribution >= 4 is 0 Å². The maximum absolute atomic E-state index is 9.59. The highest BCUT2D eigenvalue weighted by atomic mass is 16.3. The van der Waals surface area contributed by atoms with E-state index in [4.69, 9.17) is 0 Å². The summed E-state index contributed by atoms with van der Waals surface area (Å²) in [6.07, 6.45) is 6.15. The first-order chi connectivity index (χ1) is 8.52. The molecule has 1 aliphatic heterocycles. The van der Waals surface area contributed by atoms with Crippen LogP contribution in [0, 0.1) is 0 Å². The number of rotatable bonds is 7. The van der Waals surface area contributed by atoms with E-state index in [9.17, 15) is 5.11 Å². The maximum Gasteiger partial charge on any atom is 0.0611 e. The Kier molecular flexibility index (Phi) is 6.61. The van der Waals surface area contributed by atoms with Gasteiger partial charge in [-0.15, -0.1) is 0 Å². The van der Waals surface area contributed by atoms with Gasteiger partial charge < -0.3 is 10.4 Å².